The number of hydrogen-bond acceptors (Lipinski definition) is 11. The molecule has 6 N–H and O–H groups in total. The highest BCUT2D eigenvalue weighted by molar-refractivity contribution is 6.07. The quantitative estimate of drug-likeness (QED) is 0.140. The van der Waals surface area contributed by atoms with Gasteiger partial charge in [0.25, 0.3) is 0 Å². The first-order chi connectivity index (χ1) is 19.3. The first-order valence-electron chi connectivity index (χ1n) is 12.8. The summed E-state index contributed by atoms with van der Waals surface area (Å²) in [4.78, 5) is 54.1. The molecule has 0 bridgehead atoms. The fourth-order valence-corrected chi connectivity index (χ4v) is 4.77. The molecule has 0 saturated carbocycles. The van der Waals surface area contributed by atoms with Gasteiger partial charge in [-0.15, -0.1) is 0 Å². The Morgan fingerprint density at radius 2 is 1.12 bits per heavy atom. The second-order valence-corrected chi connectivity index (χ2v) is 10.5. The molecule has 0 fully saturated rings. The normalized spacial score (nSPS) is 11.3. The largest absolute Gasteiger partial charge is 0.507 e. The fourth-order valence-electron chi connectivity index (χ4n) is 4.77. The zero-order chi connectivity index (χ0) is 30.8. The summed E-state index contributed by atoms with van der Waals surface area (Å²) in [5.41, 5.74) is -4.07. The number of hydrogen-bond donors (Lipinski definition) is 6. The number of carbonyl (C=O) groups excluding carboxylic acids is 4. The maximum absolute atomic E-state index is 13.1. The lowest BCUT2D eigenvalue weighted by Crippen LogP contribution is -2.14. The van der Waals surface area contributed by atoms with Gasteiger partial charge in [0.05, 0.1) is 17.0 Å². The van der Waals surface area contributed by atoms with Crippen LogP contribution in [0.2, 0.25) is 0 Å². The molecule has 0 aliphatic heterocycles. The Bertz CT molecular complexity index is 1430. The third-order valence-electron chi connectivity index (χ3n) is 6.56. The van der Waals surface area contributed by atoms with Crippen molar-refractivity contribution in [2.45, 2.75) is 46.5 Å². The zero-order valence-corrected chi connectivity index (χ0v) is 22.9. The van der Waals surface area contributed by atoms with Crippen LogP contribution in [0, 0.1) is 11.8 Å². The van der Waals surface area contributed by atoms with Crippen molar-refractivity contribution in [2.24, 2.45) is 11.8 Å². The third-order valence-corrected chi connectivity index (χ3v) is 6.56. The van der Waals surface area contributed by atoms with E-state index >= 15 is 0 Å². The van der Waals surface area contributed by atoms with Crippen LogP contribution in [0.3, 0.4) is 0 Å². The number of rotatable bonds is 11. The molecular formula is C30H31NO10. The van der Waals surface area contributed by atoms with E-state index < -0.39 is 85.4 Å². The number of aromatic hydroxyl groups is 6. The van der Waals surface area contributed by atoms with Crippen LogP contribution in [0.4, 0.5) is 0 Å². The summed E-state index contributed by atoms with van der Waals surface area (Å²) < 4.78 is 0. The van der Waals surface area contributed by atoms with Gasteiger partial charge in [0, 0.05) is 36.4 Å². The number of aromatic nitrogens is 1. The minimum absolute atomic E-state index is 0.0540. The molecule has 216 valence electrons. The standard InChI is InChI=1S/C30H31NO10/c1-13(2)8-18(34)21-25(36)16(11-32)27(38)23(29(21)40)20(15-6-5-7-31-10-15)24-28(39)17(12-33)26(37)22(30(24)41)19(35)9-14(3)4/h5-7,10-14,20,36-41H,8-9H2,1-4H3. The van der Waals surface area contributed by atoms with Crippen molar-refractivity contribution in [1.29, 1.82) is 0 Å². The van der Waals surface area contributed by atoms with Crippen LogP contribution >= 0.6 is 0 Å². The van der Waals surface area contributed by atoms with Crippen molar-refractivity contribution in [3.8, 4) is 34.5 Å². The predicted octanol–water partition coefficient (Wildman–Crippen LogP) is 4.58. The predicted molar refractivity (Wildman–Crippen MR) is 146 cm³/mol. The molecule has 2 aromatic carbocycles. The summed E-state index contributed by atoms with van der Waals surface area (Å²) in [5.74, 6) is -9.60. The van der Waals surface area contributed by atoms with Crippen LogP contribution in [-0.4, -0.2) is 59.8 Å². The van der Waals surface area contributed by atoms with E-state index in [1.807, 2.05) is 0 Å². The Hall–Kier alpha value is -4.93. The molecule has 0 unspecified atom stereocenters. The van der Waals surface area contributed by atoms with Crippen molar-refractivity contribution >= 4 is 24.1 Å². The number of Topliss-reactive ketones (excluding diaryl/α,β-unsaturated/α-hetero) is 2. The van der Waals surface area contributed by atoms with Crippen LogP contribution in [0.15, 0.2) is 24.5 Å². The van der Waals surface area contributed by atoms with Gasteiger partial charge >= 0.3 is 0 Å². The number of ketones is 2. The Labute approximate surface area is 235 Å². The lowest BCUT2D eigenvalue weighted by molar-refractivity contribution is 0.0952. The molecule has 0 saturated heterocycles. The van der Waals surface area contributed by atoms with E-state index in [2.05, 4.69) is 4.98 Å². The van der Waals surface area contributed by atoms with Gasteiger partial charge in [-0.3, -0.25) is 24.2 Å². The van der Waals surface area contributed by atoms with Crippen LogP contribution in [0.5, 0.6) is 34.5 Å². The van der Waals surface area contributed by atoms with Gasteiger partial charge in [0.1, 0.15) is 45.6 Å². The van der Waals surface area contributed by atoms with Crippen molar-refractivity contribution in [3.63, 3.8) is 0 Å². The van der Waals surface area contributed by atoms with Gasteiger partial charge < -0.3 is 30.6 Å². The van der Waals surface area contributed by atoms with Crippen LogP contribution in [0.25, 0.3) is 0 Å². The van der Waals surface area contributed by atoms with E-state index in [0.29, 0.717) is 0 Å². The molecule has 0 amide bonds. The highest BCUT2D eigenvalue weighted by Gasteiger charge is 2.38. The molecule has 0 aliphatic carbocycles. The molecule has 11 heteroatoms. The van der Waals surface area contributed by atoms with Gasteiger partial charge in [-0.25, -0.2) is 0 Å². The molecule has 11 nitrogen and oxygen atoms in total. The highest BCUT2D eigenvalue weighted by atomic mass is 16.3. The molecule has 0 atom stereocenters. The first kappa shape index (κ1) is 30.6. The summed E-state index contributed by atoms with van der Waals surface area (Å²) in [7, 11) is 0. The summed E-state index contributed by atoms with van der Waals surface area (Å²) >= 11 is 0. The number of benzene rings is 2. The average Bonchev–Trinajstić information content (AvgIpc) is 2.87. The van der Waals surface area contributed by atoms with E-state index in [-0.39, 0.29) is 42.8 Å². The maximum atomic E-state index is 13.1. The van der Waals surface area contributed by atoms with E-state index in [0.717, 1.165) is 0 Å². The van der Waals surface area contributed by atoms with Crippen molar-refractivity contribution < 1.29 is 49.8 Å². The van der Waals surface area contributed by atoms with E-state index in [9.17, 15) is 49.8 Å². The number of pyridine rings is 1. The molecule has 3 aromatic rings. The van der Waals surface area contributed by atoms with Gasteiger partial charge in [-0.05, 0) is 23.5 Å². The monoisotopic (exact) mass is 565 g/mol. The molecule has 0 aliphatic rings. The summed E-state index contributed by atoms with van der Waals surface area (Å²) in [6.45, 7) is 6.82. The fraction of sp³-hybridized carbons (Fsp3) is 0.300. The zero-order valence-electron chi connectivity index (χ0n) is 22.9. The molecule has 1 aromatic heterocycles. The van der Waals surface area contributed by atoms with Crippen molar-refractivity contribution in [3.05, 3.63) is 63.5 Å². The summed E-state index contributed by atoms with van der Waals surface area (Å²) in [6, 6.07) is 2.84. The Kier molecular flexibility index (Phi) is 9.01. The second-order valence-electron chi connectivity index (χ2n) is 10.5. The Balaban J connectivity index is 2.58. The van der Waals surface area contributed by atoms with Crippen LogP contribution in [0.1, 0.15) is 105 Å². The lowest BCUT2D eigenvalue weighted by atomic mass is 9.79. The number of phenols is 6. The van der Waals surface area contributed by atoms with Crippen molar-refractivity contribution in [1.82, 2.24) is 4.98 Å². The molecule has 0 radical (unpaired) electrons. The number of nitrogens with zero attached hydrogens (tertiary/aromatic N) is 1. The molecule has 41 heavy (non-hydrogen) atoms. The van der Waals surface area contributed by atoms with Gasteiger partial charge in [-0.1, -0.05) is 33.8 Å². The van der Waals surface area contributed by atoms with E-state index in [1.54, 1.807) is 27.7 Å². The SMILES string of the molecule is CC(C)CC(=O)c1c(O)c(C=O)c(O)c(C(c2cccnc2)c2c(O)c(C=O)c(O)c(C(=O)CC(C)C)c2O)c1O. The minimum atomic E-state index is -1.68. The Morgan fingerprint density at radius 1 is 0.707 bits per heavy atom. The van der Waals surface area contributed by atoms with Crippen LogP contribution < -0.4 is 0 Å². The van der Waals surface area contributed by atoms with Crippen LogP contribution in [-0.2, 0) is 0 Å². The number of phenolic OH excluding ortho intramolecular Hbond substituents is 6. The maximum Gasteiger partial charge on any atom is 0.170 e. The minimum Gasteiger partial charge on any atom is -0.507 e. The first-order valence-corrected chi connectivity index (χ1v) is 12.8. The molecule has 0 spiro atoms. The van der Waals surface area contributed by atoms with Crippen molar-refractivity contribution in [2.75, 3.05) is 0 Å². The Morgan fingerprint density at radius 3 is 1.44 bits per heavy atom. The average molecular weight is 566 g/mol. The summed E-state index contributed by atoms with van der Waals surface area (Å²) in [6.07, 6.45) is 2.38. The topological polar surface area (TPSA) is 203 Å². The number of carbonyl (C=O) groups is 4. The molecule has 1 heterocycles. The summed E-state index contributed by atoms with van der Waals surface area (Å²) in [5, 5.41) is 66.5. The highest BCUT2D eigenvalue weighted by Crippen LogP contribution is 2.54. The number of aldehydes is 2. The molecular weight excluding hydrogens is 534 g/mol. The second kappa shape index (κ2) is 12.1. The van der Waals surface area contributed by atoms with E-state index in [4.69, 9.17) is 0 Å². The van der Waals surface area contributed by atoms with Gasteiger partial charge in [0.15, 0.2) is 24.1 Å². The van der Waals surface area contributed by atoms with Gasteiger partial charge in [-0.2, -0.15) is 0 Å². The van der Waals surface area contributed by atoms with Gasteiger partial charge in [0.2, 0.25) is 0 Å². The van der Waals surface area contributed by atoms with E-state index in [1.165, 1.54) is 24.5 Å². The third kappa shape index (κ3) is 5.56. The smallest absolute Gasteiger partial charge is 0.170 e. The lowest BCUT2D eigenvalue weighted by Gasteiger charge is -2.26. The molecule has 3 rings (SSSR count).